The van der Waals surface area contributed by atoms with E-state index >= 15 is 0 Å². The molecule has 9 heteroatoms. The van der Waals surface area contributed by atoms with Gasteiger partial charge in [-0.15, -0.1) is 24.0 Å². The molecule has 1 aliphatic rings. The summed E-state index contributed by atoms with van der Waals surface area (Å²) in [6, 6.07) is 5.72. The van der Waals surface area contributed by atoms with E-state index in [4.69, 9.17) is 24.3 Å². The van der Waals surface area contributed by atoms with Crippen molar-refractivity contribution in [2.45, 2.75) is 32.9 Å². The molecule has 0 aliphatic carbocycles. The standard InChI is InChI=1S/C21H36N4O4.HI/c1-5-22-20(24-16-21(2,3)25-8-11-28-12-9-25)23-15-17-6-7-18(29-13-10-26)19(14-17)27-4;/h6-7,14,26H,5,8-13,15-16H2,1-4H3,(H2,22,23,24);1H. The second kappa shape index (κ2) is 13.9. The zero-order chi connectivity index (χ0) is 21.1. The van der Waals surface area contributed by atoms with Crippen molar-refractivity contribution < 1.29 is 19.3 Å². The number of guanidine groups is 1. The molecule has 2 rings (SSSR count). The van der Waals surface area contributed by atoms with Gasteiger partial charge in [-0.2, -0.15) is 0 Å². The van der Waals surface area contributed by atoms with Crippen LogP contribution in [0, 0.1) is 0 Å². The minimum absolute atomic E-state index is 0. The maximum Gasteiger partial charge on any atom is 0.191 e. The Balaban J connectivity index is 0.00000450. The number of morpholine rings is 1. The summed E-state index contributed by atoms with van der Waals surface area (Å²) in [6.45, 7) is 12.3. The summed E-state index contributed by atoms with van der Waals surface area (Å²) >= 11 is 0. The van der Waals surface area contributed by atoms with E-state index in [1.807, 2.05) is 18.2 Å². The topological polar surface area (TPSA) is 87.6 Å². The molecule has 0 bridgehead atoms. The first-order valence-electron chi connectivity index (χ1n) is 10.3. The number of hydrogen-bond donors (Lipinski definition) is 3. The van der Waals surface area contributed by atoms with E-state index in [0.717, 1.165) is 50.9 Å². The number of ether oxygens (including phenoxy) is 3. The van der Waals surface area contributed by atoms with Crippen LogP contribution in [0.3, 0.4) is 0 Å². The molecule has 1 saturated heterocycles. The van der Waals surface area contributed by atoms with Crippen LogP contribution in [-0.4, -0.2) is 81.2 Å². The summed E-state index contributed by atoms with van der Waals surface area (Å²) in [6.07, 6.45) is 0. The second-order valence-corrected chi connectivity index (χ2v) is 7.52. The number of rotatable bonds is 10. The van der Waals surface area contributed by atoms with Crippen molar-refractivity contribution in [1.82, 2.24) is 15.5 Å². The minimum Gasteiger partial charge on any atom is -0.493 e. The summed E-state index contributed by atoms with van der Waals surface area (Å²) in [5.41, 5.74) is 1.03. The highest BCUT2D eigenvalue weighted by molar-refractivity contribution is 14.0. The number of halogens is 1. The summed E-state index contributed by atoms with van der Waals surface area (Å²) < 4.78 is 16.3. The lowest BCUT2D eigenvalue weighted by Gasteiger charge is -2.41. The van der Waals surface area contributed by atoms with Crippen LogP contribution in [0.25, 0.3) is 0 Å². The van der Waals surface area contributed by atoms with Gasteiger partial charge in [0.15, 0.2) is 17.5 Å². The van der Waals surface area contributed by atoms with Crippen molar-refractivity contribution in [2.75, 3.05) is 59.7 Å². The number of aliphatic imine (C=N–C) groups is 1. The molecule has 1 aromatic carbocycles. The number of methoxy groups -OCH3 is 1. The van der Waals surface area contributed by atoms with E-state index in [9.17, 15) is 0 Å². The third kappa shape index (κ3) is 8.44. The first-order chi connectivity index (χ1) is 14.0. The van der Waals surface area contributed by atoms with Crippen molar-refractivity contribution >= 4 is 29.9 Å². The van der Waals surface area contributed by atoms with E-state index in [1.54, 1.807) is 7.11 Å². The van der Waals surface area contributed by atoms with Crippen molar-refractivity contribution in [3.05, 3.63) is 23.8 Å². The summed E-state index contributed by atoms with van der Waals surface area (Å²) in [5.74, 6) is 2.04. The summed E-state index contributed by atoms with van der Waals surface area (Å²) in [5, 5.41) is 15.7. The maximum absolute atomic E-state index is 8.93. The van der Waals surface area contributed by atoms with E-state index in [-0.39, 0.29) is 42.7 Å². The normalized spacial score (nSPS) is 15.3. The first-order valence-corrected chi connectivity index (χ1v) is 10.3. The molecule has 0 amide bonds. The molecule has 0 spiro atoms. The van der Waals surface area contributed by atoms with E-state index in [2.05, 4.69) is 36.3 Å². The Hall–Kier alpha value is -1.30. The SMILES string of the molecule is CCNC(=NCc1ccc(OCCO)c(OC)c1)NCC(C)(C)N1CCOCC1.I. The Morgan fingerprint density at radius 2 is 1.97 bits per heavy atom. The van der Waals surface area contributed by atoms with Gasteiger partial charge in [-0.25, -0.2) is 4.99 Å². The van der Waals surface area contributed by atoms with Crippen LogP contribution in [0.15, 0.2) is 23.2 Å². The number of hydrogen-bond acceptors (Lipinski definition) is 6. The molecular weight excluding hydrogens is 499 g/mol. The summed E-state index contributed by atoms with van der Waals surface area (Å²) in [4.78, 5) is 7.16. The van der Waals surface area contributed by atoms with Crippen LogP contribution in [0.5, 0.6) is 11.5 Å². The van der Waals surface area contributed by atoms with Crippen molar-refractivity contribution in [2.24, 2.45) is 4.99 Å². The van der Waals surface area contributed by atoms with Crippen molar-refractivity contribution in [3.8, 4) is 11.5 Å². The van der Waals surface area contributed by atoms with Gasteiger partial charge in [0, 0.05) is 31.7 Å². The van der Waals surface area contributed by atoms with E-state index < -0.39 is 0 Å². The third-order valence-corrected chi connectivity index (χ3v) is 4.90. The fourth-order valence-electron chi connectivity index (χ4n) is 3.18. The second-order valence-electron chi connectivity index (χ2n) is 7.52. The van der Waals surface area contributed by atoms with E-state index in [0.29, 0.717) is 18.0 Å². The average molecular weight is 536 g/mol. The molecule has 1 heterocycles. The van der Waals surface area contributed by atoms with Crippen LogP contribution in [0.1, 0.15) is 26.3 Å². The fourth-order valence-corrected chi connectivity index (χ4v) is 3.18. The van der Waals surface area contributed by atoms with Gasteiger partial charge in [-0.05, 0) is 38.5 Å². The molecular formula is C21H37IN4O4. The Morgan fingerprint density at radius 3 is 2.60 bits per heavy atom. The predicted molar refractivity (Wildman–Crippen MR) is 130 cm³/mol. The number of nitrogens with zero attached hydrogens (tertiary/aromatic N) is 2. The van der Waals surface area contributed by atoms with Gasteiger partial charge in [-0.1, -0.05) is 6.07 Å². The zero-order valence-electron chi connectivity index (χ0n) is 18.6. The molecule has 1 fully saturated rings. The first kappa shape index (κ1) is 26.7. The van der Waals surface area contributed by atoms with Crippen LogP contribution >= 0.6 is 24.0 Å². The molecule has 0 atom stereocenters. The predicted octanol–water partition coefficient (Wildman–Crippen LogP) is 1.85. The van der Waals surface area contributed by atoms with Crippen LogP contribution in [0.4, 0.5) is 0 Å². The summed E-state index contributed by atoms with van der Waals surface area (Å²) in [7, 11) is 1.60. The number of benzene rings is 1. The number of aliphatic hydroxyl groups is 1. The molecule has 0 aromatic heterocycles. The van der Waals surface area contributed by atoms with Gasteiger partial charge in [0.05, 0.1) is 33.5 Å². The van der Waals surface area contributed by atoms with Gasteiger partial charge in [0.1, 0.15) is 6.61 Å². The third-order valence-electron chi connectivity index (χ3n) is 4.90. The zero-order valence-corrected chi connectivity index (χ0v) is 20.9. The van der Waals surface area contributed by atoms with E-state index in [1.165, 1.54) is 0 Å². The molecule has 1 aliphatic heterocycles. The highest BCUT2D eigenvalue weighted by Gasteiger charge is 2.28. The largest absolute Gasteiger partial charge is 0.493 e. The molecule has 0 radical (unpaired) electrons. The van der Waals surface area contributed by atoms with Crippen LogP contribution in [-0.2, 0) is 11.3 Å². The lowest BCUT2D eigenvalue weighted by atomic mass is 10.0. The van der Waals surface area contributed by atoms with Gasteiger partial charge < -0.3 is 30.0 Å². The van der Waals surface area contributed by atoms with Gasteiger partial charge >= 0.3 is 0 Å². The highest BCUT2D eigenvalue weighted by Crippen LogP contribution is 2.28. The maximum atomic E-state index is 8.93. The van der Waals surface area contributed by atoms with Gasteiger partial charge in [0.25, 0.3) is 0 Å². The van der Waals surface area contributed by atoms with Crippen molar-refractivity contribution in [1.29, 1.82) is 0 Å². The van der Waals surface area contributed by atoms with Gasteiger partial charge in [-0.3, -0.25) is 4.90 Å². The molecule has 8 nitrogen and oxygen atoms in total. The number of nitrogens with one attached hydrogen (secondary N) is 2. The molecule has 172 valence electrons. The number of aliphatic hydroxyl groups excluding tert-OH is 1. The fraction of sp³-hybridized carbons (Fsp3) is 0.667. The van der Waals surface area contributed by atoms with Crippen LogP contribution in [0.2, 0.25) is 0 Å². The van der Waals surface area contributed by atoms with Crippen molar-refractivity contribution in [3.63, 3.8) is 0 Å². The molecule has 0 unspecified atom stereocenters. The molecule has 30 heavy (non-hydrogen) atoms. The molecule has 1 aromatic rings. The monoisotopic (exact) mass is 536 g/mol. The van der Waals surface area contributed by atoms with Gasteiger partial charge in [0.2, 0.25) is 0 Å². The average Bonchev–Trinajstić information content (AvgIpc) is 2.75. The molecule has 3 N–H and O–H groups in total. The van der Waals surface area contributed by atoms with Crippen LogP contribution < -0.4 is 20.1 Å². The highest BCUT2D eigenvalue weighted by atomic mass is 127. The lowest BCUT2D eigenvalue weighted by molar-refractivity contribution is -0.00834. The smallest absolute Gasteiger partial charge is 0.191 e. The minimum atomic E-state index is -0.0340. The quantitative estimate of drug-likeness (QED) is 0.239. The Bertz CT molecular complexity index is 652. The Labute approximate surface area is 197 Å². The Morgan fingerprint density at radius 1 is 1.23 bits per heavy atom. The Kier molecular flexibility index (Phi) is 12.4. The lowest BCUT2D eigenvalue weighted by Crippen LogP contribution is -2.56. The molecule has 0 saturated carbocycles.